The number of carbonyl (C=O) groups excluding carboxylic acids is 1. The normalized spacial score (nSPS) is 19.1. The van der Waals surface area contributed by atoms with Gasteiger partial charge in [0.25, 0.3) is 0 Å². The smallest absolute Gasteiger partial charge is 0.236 e. The van der Waals surface area contributed by atoms with Crippen LogP contribution in [0.15, 0.2) is 24.4 Å². The lowest BCUT2D eigenvalue weighted by atomic mass is 10.0. The van der Waals surface area contributed by atoms with Crippen LogP contribution in [0.1, 0.15) is 25.5 Å². The maximum Gasteiger partial charge on any atom is 0.236 e. The molecule has 1 aromatic rings. The standard InChI is InChI=1S/C14H22N4O/c1-11(15)14(19)17-12-5-8-18(9-6-12)10-13-4-2-3-7-16-13/h2-4,7,11-12H,5-6,8-10,15H2,1H3,(H,17,19)/t11-/m1/s1. The van der Waals surface area contributed by atoms with Crippen LogP contribution in [0.25, 0.3) is 0 Å². The van der Waals surface area contributed by atoms with Gasteiger partial charge in [0.1, 0.15) is 0 Å². The molecule has 5 nitrogen and oxygen atoms in total. The van der Waals surface area contributed by atoms with E-state index in [1.165, 1.54) is 0 Å². The minimum Gasteiger partial charge on any atom is -0.352 e. The summed E-state index contributed by atoms with van der Waals surface area (Å²) in [6, 6.07) is 5.83. The Morgan fingerprint density at radius 2 is 2.26 bits per heavy atom. The number of hydrogen-bond acceptors (Lipinski definition) is 4. The van der Waals surface area contributed by atoms with Gasteiger partial charge in [-0.05, 0) is 31.9 Å². The molecular formula is C14H22N4O. The Hall–Kier alpha value is -1.46. The van der Waals surface area contributed by atoms with Gasteiger partial charge in [0.05, 0.1) is 11.7 Å². The van der Waals surface area contributed by atoms with Crippen molar-refractivity contribution in [2.45, 2.75) is 38.4 Å². The van der Waals surface area contributed by atoms with Crippen LogP contribution in [-0.2, 0) is 11.3 Å². The first kappa shape index (κ1) is 14.0. The van der Waals surface area contributed by atoms with Gasteiger partial charge in [-0.2, -0.15) is 0 Å². The van der Waals surface area contributed by atoms with E-state index < -0.39 is 6.04 Å². The average molecular weight is 262 g/mol. The Kier molecular flexibility index (Phi) is 4.87. The van der Waals surface area contributed by atoms with Crippen LogP contribution in [0.4, 0.5) is 0 Å². The maximum absolute atomic E-state index is 11.5. The molecule has 0 bridgehead atoms. The molecular weight excluding hydrogens is 240 g/mol. The molecule has 0 aromatic carbocycles. The lowest BCUT2D eigenvalue weighted by Gasteiger charge is -2.32. The van der Waals surface area contributed by atoms with E-state index in [0.29, 0.717) is 0 Å². The van der Waals surface area contributed by atoms with Crippen LogP contribution in [0.2, 0.25) is 0 Å². The second-order valence-corrected chi connectivity index (χ2v) is 5.17. The van der Waals surface area contributed by atoms with Crippen LogP contribution in [0.5, 0.6) is 0 Å². The van der Waals surface area contributed by atoms with Crippen molar-refractivity contribution in [3.63, 3.8) is 0 Å². The fraction of sp³-hybridized carbons (Fsp3) is 0.571. The van der Waals surface area contributed by atoms with E-state index in [1.54, 1.807) is 6.92 Å². The fourth-order valence-corrected chi connectivity index (χ4v) is 2.29. The molecule has 1 aliphatic rings. The summed E-state index contributed by atoms with van der Waals surface area (Å²) in [6.07, 6.45) is 3.78. The number of nitrogens with zero attached hydrogens (tertiary/aromatic N) is 2. The van der Waals surface area contributed by atoms with Gasteiger partial charge in [0, 0.05) is 31.9 Å². The zero-order valence-electron chi connectivity index (χ0n) is 11.4. The van der Waals surface area contributed by atoms with Gasteiger partial charge in [0.2, 0.25) is 5.91 Å². The average Bonchev–Trinajstić information content (AvgIpc) is 2.42. The zero-order valence-corrected chi connectivity index (χ0v) is 11.4. The van der Waals surface area contributed by atoms with E-state index in [9.17, 15) is 4.79 Å². The molecule has 3 N–H and O–H groups in total. The second-order valence-electron chi connectivity index (χ2n) is 5.17. The molecule has 1 atom stereocenters. The molecule has 19 heavy (non-hydrogen) atoms. The summed E-state index contributed by atoms with van der Waals surface area (Å²) in [7, 11) is 0. The van der Waals surface area contributed by atoms with Crippen LogP contribution in [0.3, 0.4) is 0 Å². The first-order chi connectivity index (χ1) is 9.15. The molecule has 0 aliphatic carbocycles. The quantitative estimate of drug-likeness (QED) is 0.829. The molecule has 0 saturated carbocycles. The van der Waals surface area contributed by atoms with Gasteiger partial charge < -0.3 is 11.1 Å². The molecule has 104 valence electrons. The number of nitrogens with two attached hydrogens (primary N) is 1. The fourth-order valence-electron chi connectivity index (χ4n) is 2.29. The van der Waals surface area contributed by atoms with Crippen molar-refractivity contribution >= 4 is 5.91 Å². The van der Waals surface area contributed by atoms with Crippen molar-refractivity contribution in [1.82, 2.24) is 15.2 Å². The van der Waals surface area contributed by atoms with E-state index in [0.717, 1.165) is 38.2 Å². The number of hydrogen-bond donors (Lipinski definition) is 2. The third-order valence-electron chi connectivity index (χ3n) is 3.46. The molecule has 2 rings (SSSR count). The van der Waals surface area contributed by atoms with Crippen LogP contribution in [0, 0.1) is 0 Å². The third-order valence-corrected chi connectivity index (χ3v) is 3.46. The van der Waals surface area contributed by atoms with Crippen LogP contribution in [-0.4, -0.2) is 41.0 Å². The van der Waals surface area contributed by atoms with Gasteiger partial charge in [-0.1, -0.05) is 6.07 Å². The summed E-state index contributed by atoms with van der Waals surface area (Å²) in [5, 5.41) is 3.00. The number of piperidine rings is 1. The number of amides is 1. The summed E-state index contributed by atoms with van der Waals surface area (Å²) in [4.78, 5) is 18.2. The summed E-state index contributed by atoms with van der Waals surface area (Å²) in [5.74, 6) is -0.0526. The Balaban J connectivity index is 1.75. The first-order valence-electron chi connectivity index (χ1n) is 6.83. The number of pyridine rings is 1. The lowest BCUT2D eigenvalue weighted by molar-refractivity contribution is -0.123. The van der Waals surface area contributed by atoms with Crippen molar-refractivity contribution < 1.29 is 4.79 Å². The molecule has 0 spiro atoms. The second kappa shape index (κ2) is 6.63. The van der Waals surface area contributed by atoms with Crippen LogP contribution < -0.4 is 11.1 Å². The van der Waals surface area contributed by atoms with E-state index in [1.807, 2.05) is 24.4 Å². The van der Waals surface area contributed by atoms with Crippen molar-refractivity contribution in [2.75, 3.05) is 13.1 Å². The Bertz CT molecular complexity index is 399. The van der Waals surface area contributed by atoms with Crippen molar-refractivity contribution in [1.29, 1.82) is 0 Å². The highest BCUT2D eigenvalue weighted by Crippen LogP contribution is 2.12. The molecule has 1 saturated heterocycles. The summed E-state index contributed by atoms with van der Waals surface area (Å²) in [6.45, 7) is 4.57. The summed E-state index contributed by atoms with van der Waals surface area (Å²) < 4.78 is 0. The molecule has 1 aliphatic heterocycles. The lowest BCUT2D eigenvalue weighted by Crippen LogP contribution is -2.48. The van der Waals surface area contributed by atoms with Gasteiger partial charge in [0.15, 0.2) is 0 Å². The molecule has 5 heteroatoms. The Morgan fingerprint density at radius 3 is 2.84 bits per heavy atom. The van der Waals surface area contributed by atoms with Crippen LogP contribution >= 0.6 is 0 Å². The van der Waals surface area contributed by atoms with Gasteiger partial charge in [-0.15, -0.1) is 0 Å². The number of nitrogens with one attached hydrogen (secondary N) is 1. The minimum absolute atomic E-state index is 0.0526. The van der Waals surface area contributed by atoms with E-state index >= 15 is 0 Å². The first-order valence-corrected chi connectivity index (χ1v) is 6.83. The molecule has 0 radical (unpaired) electrons. The van der Waals surface area contributed by atoms with E-state index in [4.69, 9.17) is 5.73 Å². The number of likely N-dealkylation sites (tertiary alicyclic amines) is 1. The molecule has 0 unspecified atom stereocenters. The number of aromatic nitrogens is 1. The van der Waals surface area contributed by atoms with Crippen molar-refractivity contribution in [3.8, 4) is 0 Å². The number of rotatable bonds is 4. The molecule has 1 amide bonds. The van der Waals surface area contributed by atoms with Crippen molar-refractivity contribution in [3.05, 3.63) is 30.1 Å². The Morgan fingerprint density at radius 1 is 1.53 bits per heavy atom. The molecule has 2 heterocycles. The monoisotopic (exact) mass is 262 g/mol. The van der Waals surface area contributed by atoms with Gasteiger partial charge >= 0.3 is 0 Å². The largest absolute Gasteiger partial charge is 0.352 e. The maximum atomic E-state index is 11.5. The van der Waals surface area contributed by atoms with Gasteiger partial charge in [-0.3, -0.25) is 14.7 Å². The van der Waals surface area contributed by atoms with E-state index in [-0.39, 0.29) is 11.9 Å². The molecule has 1 aromatic heterocycles. The minimum atomic E-state index is -0.424. The highest BCUT2D eigenvalue weighted by atomic mass is 16.2. The highest BCUT2D eigenvalue weighted by Gasteiger charge is 2.21. The molecule has 1 fully saturated rings. The van der Waals surface area contributed by atoms with E-state index in [2.05, 4.69) is 15.2 Å². The summed E-state index contributed by atoms with van der Waals surface area (Å²) >= 11 is 0. The SMILES string of the molecule is C[C@@H](N)C(=O)NC1CCN(Cc2ccccn2)CC1. The topological polar surface area (TPSA) is 71.2 Å². The van der Waals surface area contributed by atoms with Gasteiger partial charge in [-0.25, -0.2) is 0 Å². The highest BCUT2D eigenvalue weighted by molar-refractivity contribution is 5.81. The third kappa shape index (κ3) is 4.29. The Labute approximate surface area is 114 Å². The zero-order chi connectivity index (χ0) is 13.7. The number of carbonyl (C=O) groups is 1. The summed E-state index contributed by atoms with van der Waals surface area (Å²) in [5.41, 5.74) is 6.65. The predicted molar refractivity (Wildman–Crippen MR) is 74.3 cm³/mol. The predicted octanol–water partition coefficient (Wildman–Crippen LogP) is 0.509. The van der Waals surface area contributed by atoms with Crippen molar-refractivity contribution in [2.24, 2.45) is 5.73 Å².